The van der Waals surface area contributed by atoms with Crippen LogP contribution in [0.5, 0.6) is 0 Å². The molecule has 1 saturated heterocycles. The molecule has 1 N–H and O–H groups in total. The van der Waals surface area contributed by atoms with E-state index in [0.29, 0.717) is 6.42 Å². The standard InChI is InChI=1S/C19H27NO3/c1-13(12-19(22)23)11-18(21)20-10-5-4-9-17(20)16-8-6-7-14(2)15(16)3/h6-8,13,17H,4-5,9-12H2,1-3H3,(H,22,23). The Morgan fingerprint density at radius 2 is 2.00 bits per heavy atom. The van der Waals surface area contributed by atoms with Crippen LogP contribution in [0.25, 0.3) is 0 Å². The van der Waals surface area contributed by atoms with Crippen molar-refractivity contribution in [1.29, 1.82) is 0 Å². The molecule has 4 nitrogen and oxygen atoms in total. The molecule has 0 spiro atoms. The second kappa shape index (κ2) is 7.62. The van der Waals surface area contributed by atoms with Crippen LogP contribution in [0.15, 0.2) is 18.2 Å². The van der Waals surface area contributed by atoms with E-state index in [1.165, 1.54) is 16.7 Å². The summed E-state index contributed by atoms with van der Waals surface area (Å²) in [6.07, 6.45) is 3.51. The number of hydrogen-bond donors (Lipinski definition) is 1. The Balaban J connectivity index is 2.16. The maximum Gasteiger partial charge on any atom is 0.303 e. The van der Waals surface area contributed by atoms with E-state index in [0.717, 1.165) is 25.8 Å². The Morgan fingerprint density at radius 3 is 2.70 bits per heavy atom. The van der Waals surface area contributed by atoms with Gasteiger partial charge >= 0.3 is 5.97 Å². The van der Waals surface area contributed by atoms with Crippen molar-refractivity contribution in [2.75, 3.05) is 6.54 Å². The predicted octanol–water partition coefficient (Wildman–Crippen LogP) is 3.86. The van der Waals surface area contributed by atoms with Crippen molar-refractivity contribution in [2.45, 2.75) is 58.9 Å². The first-order chi connectivity index (χ1) is 10.9. The molecule has 1 aromatic carbocycles. The number of piperidine rings is 1. The van der Waals surface area contributed by atoms with Crippen LogP contribution in [-0.2, 0) is 9.59 Å². The lowest BCUT2D eigenvalue weighted by molar-refractivity contribution is -0.139. The number of hydrogen-bond acceptors (Lipinski definition) is 2. The molecule has 1 aliphatic heterocycles. The molecule has 1 amide bonds. The van der Waals surface area contributed by atoms with Crippen molar-refractivity contribution in [3.63, 3.8) is 0 Å². The van der Waals surface area contributed by atoms with Gasteiger partial charge in [-0.3, -0.25) is 9.59 Å². The van der Waals surface area contributed by atoms with Crippen molar-refractivity contribution in [1.82, 2.24) is 4.90 Å². The molecule has 0 radical (unpaired) electrons. The zero-order chi connectivity index (χ0) is 17.0. The number of nitrogens with zero attached hydrogens (tertiary/aromatic N) is 1. The minimum absolute atomic E-state index is 0.0493. The van der Waals surface area contributed by atoms with E-state index in [2.05, 4.69) is 32.0 Å². The maximum atomic E-state index is 12.7. The first-order valence-corrected chi connectivity index (χ1v) is 8.47. The highest BCUT2D eigenvalue weighted by molar-refractivity contribution is 5.78. The molecule has 0 aliphatic carbocycles. The molecule has 126 valence electrons. The molecule has 0 aromatic heterocycles. The summed E-state index contributed by atoms with van der Waals surface area (Å²) >= 11 is 0. The van der Waals surface area contributed by atoms with E-state index >= 15 is 0 Å². The molecule has 1 fully saturated rings. The number of amides is 1. The lowest BCUT2D eigenvalue weighted by Gasteiger charge is -2.37. The van der Waals surface area contributed by atoms with Crippen LogP contribution < -0.4 is 0 Å². The predicted molar refractivity (Wildman–Crippen MR) is 90.3 cm³/mol. The van der Waals surface area contributed by atoms with Crippen molar-refractivity contribution < 1.29 is 14.7 Å². The molecule has 1 aliphatic rings. The van der Waals surface area contributed by atoms with Crippen LogP contribution in [0.3, 0.4) is 0 Å². The first-order valence-electron chi connectivity index (χ1n) is 8.47. The van der Waals surface area contributed by atoms with Gasteiger partial charge in [0.05, 0.1) is 6.04 Å². The van der Waals surface area contributed by atoms with Crippen LogP contribution in [0.2, 0.25) is 0 Å². The molecular weight excluding hydrogens is 290 g/mol. The Kier molecular flexibility index (Phi) is 5.80. The van der Waals surface area contributed by atoms with Gasteiger partial charge in [-0.1, -0.05) is 25.1 Å². The van der Waals surface area contributed by atoms with Crippen LogP contribution >= 0.6 is 0 Å². The number of likely N-dealkylation sites (tertiary alicyclic amines) is 1. The highest BCUT2D eigenvalue weighted by Gasteiger charge is 2.29. The molecule has 0 saturated carbocycles. The second-order valence-electron chi connectivity index (χ2n) is 6.80. The van der Waals surface area contributed by atoms with Crippen LogP contribution in [0.1, 0.15) is 61.8 Å². The van der Waals surface area contributed by atoms with E-state index in [9.17, 15) is 9.59 Å². The third-order valence-corrected chi connectivity index (χ3v) is 4.87. The number of carboxylic acids is 1. The Morgan fingerprint density at radius 1 is 1.26 bits per heavy atom. The summed E-state index contributed by atoms with van der Waals surface area (Å²) < 4.78 is 0. The zero-order valence-corrected chi connectivity index (χ0v) is 14.3. The van der Waals surface area contributed by atoms with Crippen molar-refractivity contribution >= 4 is 11.9 Å². The molecule has 4 heteroatoms. The van der Waals surface area contributed by atoms with Gasteiger partial charge in [0, 0.05) is 19.4 Å². The Labute approximate surface area is 138 Å². The van der Waals surface area contributed by atoms with Gasteiger partial charge in [-0.25, -0.2) is 0 Å². The van der Waals surface area contributed by atoms with Crippen molar-refractivity contribution in [3.05, 3.63) is 34.9 Å². The molecule has 23 heavy (non-hydrogen) atoms. The molecular formula is C19H27NO3. The van der Waals surface area contributed by atoms with E-state index in [4.69, 9.17) is 5.11 Å². The number of aryl methyl sites for hydroxylation is 1. The van der Waals surface area contributed by atoms with Gasteiger partial charge in [-0.05, 0) is 55.7 Å². The van der Waals surface area contributed by atoms with Crippen LogP contribution in [-0.4, -0.2) is 28.4 Å². The Bertz CT molecular complexity index is 582. The first kappa shape index (κ1) is 17.5. The molecule has 0 bridgehead atoms. The van der Waals surface area contributed by atoms with Crippen LogP contribution in [0, 0.1) is 19.8 Å². The fraction of sp³-hybridized carbons (Fsp3) is 0.579. The average Bonchev–Trinajstić information content (AvgIpc) is 2.49. The van der Waals surface area contributed by atoms with Gasteiger partial charge in [0.15, 0.2) is 0 Å². The quantitative estimate of drug-likeness (QED) is 0.897. The normalized spacial score (nSPS) is 19.4. The minimum Gasteiger partial charge on any atom is -0.481 e. The summed E-state index contributed by atoms with van der Waals surface area (Å²) in [7, 11) is 0. The van der Waals surface area contributed by atoms with E-state index in [-0.39, 0.29) is 24.3 Å². The van der Waals surface area contributed by atoms with E-state index < -0.39 is 5.97 Å². The number of benzene rings is 1. The number of carbonyl (C=O) groups excluding carboxylic acids is 1. The summed E-state index contributed by atoms with van der Waals surface area (Å²) in [5.41, 5.74) is 3.75. The molecule has 2 atom stereocenters. The maximum absolute atomic E-state index is 12.7. The van der Waals surface area contributed by atoms with E-state index in [1.54, 1.807) is 0 Å². The Hall–Kier alpha value is -1.84. The van der Waals surface area contributed by atoms with Crippen molar-refractivity contribution in [2.24, 2.45) is 5.92 Å². The highest BCUT2D eigenvalue weighted by atomic mass is 16.4. The number of rotatable bonds is 5. The van der Waals surface area contributed by atoms with Gasteiger partial charge in [0.25, 0.3) is 0 Å². The average molecular weight is 317 g/mol. The lowest BCUT2D eigenvalue weighted by atomic mass is 9.89. The van der Waals surface area contributed by atoms with Gasteiger partial charge in [0.2, 0.25) is 5.91 Å². The lowest BCUT2D eigenvalue weighted by Crippen LogP contribution is -2.39. The zero-order valence-electron chi connectivity index (χ0n) is 14.3. The smallest absolute Gasteiger partial charge is 0.303 e. The summed E-state index contributed by atoms with van der Waals surface area (Å²) in [6, 6.07) is 6.41. The fourth-order valence-corrected chi connectivity index (χ4v) is 3.47. The fourth-order valence-electron chi connectivity index (χ4n) is 3.47. The molecule has 2 rings (SSSR count). The number of carboxylic acid groups (broad SMARTS) is 1. The molecule has 1 heterocycles. The highest BCUT2D eigenvalue weighted by Crippen LogP contribution is 2.34. The van der Waals surface area contributed by atoms with Gasteiger partial charge in [-0.2, -0.15) is 0 Å². The van der Waals surface area contributed by atoms with Crippen molar-refractivity contribution in [3.8, 4) is 0 Å². The van der Waals surface area contributed by atoms with Gasteiger partial charge in [-0.15, -0.1) is 0 Å². The molecule has 1 aromatic rings. The van der Waals surface area contributed by atoms with E-state index in [1.807, 2.05) is 11.8 Å². The third kappa shape index (κ3) is 4.34. The van der Waals surface area contributed by atoms with Crippen LogP contribution in [0.4, 0.5) is 0 Å². The largest absolute Gasteiger partial charge is 0.481 e. The second-order valence-corrected chi connectivity index (χ2v) is 6.80. The van der Waals surface area contributed by atoms with Gasteiger partial charge < -0.3 is 10.0 Å². The monoisotopic (exact) mass is 317 g/mol. The topological polar surface area (TPSA) is 57.6 Å². The third-order valence-electron chi connectivity index (χ3n) is 4.87. The summed E-state index contributed by atoms with van der Waals surface area (Å²) in [5, 5.41) is 8.88. The SMILES string of the molecule is Cc1cccc(C2CCCCN2C(=O)CC(C)CC(=O)O)c1C. The minimum atomic E-state index is -0.838. The summed E-state index contributed by atoms with van der Waals surface area (Å²) in [5.74, 6) is -0.874. The summed E-state index contributed by atoms with van der Waals surface area (Å²) in [4.78, 5) is 25.5. The molecule has 2 unspecified atom stereocenters. The number of carbonyl (C=O) groups is 2. The number of aliphatic carboxylic acids is 1. The summed E-state index contributed by atoms with van der Waals surface area (Å²) in [6.45, 7) is 6.83. The van der Waals surface area contributed by atoms with Gasteiger partial charge in [0.1, 0.15) is 0 Å².